The Balaban J connectivity index is 1.42. The Hall–Kier alpha value is -2.90. The zero-order chi connectivity index (χ0) is 18.1. The first-order valence-corrected chi connectivity index (χ1v) is 9.03. The number of carbonyl (C=O) groups excluding carboxylic acids is 1. The van der Waals surface area contributed by atoms with Crippen molar-refractivity contribution in [2.45, 2.75) is 32.7 Å². The summed E-state index contributed by atoms with van der Waals surface area (Å²) in [6, 6.07) is 7.67. The van der Waals surface area contributed by atoms with Crippen molar-refractivity contribution in [3.8, 4) is 0 Å². The molecule has 4 rings (SSSR count). The molecule has 0 radical (unpaired) electrons. The van der Waals surface area contributed by atoms with Gasteiger partial charge in [-0.2, -0.15) is 10.2 Å². The molecule has 0 saturated carbocycles. The van der Waals surface area contributed by atoms with Gasteiger partial charge in [-0.25, -0.2) is 9.89 Å². The van der Waals surface area contributed by atoms with Crippen LogP contribution in [0.2, 0.25) is 0 Å². The number of H-pyrrole nitrogens is 2. The molecule has 0 bridgehead atoms. The number of nitrogens with one attached hydrogen (secondary N) is 2. The lowest BCUT2D eigenvalue weighted by atomic mass is 9.93. The zero-order valence-corrected chi connectivity index (χ0v) is 14.7. The molecule has 2 aromatic heterocycles. The second kappa shape index (κ2) is 6.78. The number of piperidine rings is 1. The number of amides is 1. The topological polar surface area (TPSA) is 99.7 Å². The normalized spacial score (nSPS) is 15.7. The number of benzene rings is 1. The van der Waals surface area contributed by atoms with Crippen molar-refractivity contribution in [3.63, 3.8) is 0 Å². The first kappa shape index (κ1) is 16.6. The zero-order valence-electron chi connectivity index (χ0n) is 14.7. The Morgan fingerprint density at radius 1 is 1.19 bits per heavy atom. The largest absolute Gasteiger partial charge is 0.343 e. The summed E-state index contributed by atoms with van der Waals surface area (Å²) in [5.41, 5.74) is 1.22. The van der Waals surface area contributed by atoms with E-state index in [-0.39, 0.29) is 11.6 Å². The molecule has 2 N–H and O–H groups in total. The quantitative estimate of drug-likeness (QED) is 0.743. The molecule has 1 aromatic carbocycles. The van der Waals surface area contributed by atoms with Gasteiger partial charge in [-0.15, -0.1) is 0 Å². The van der Waals surface area contributed by atoms with Crippen LogP contribution < -0.4 is 5.69 Å². The molecular formula is C18H22N6O2. The maximum atomic E-state index is 12.8. The van der Waals surface area contributed by atoms with E-state index in [1.165, 1.54) is 0 Å². The van der Waals surface area contributed by atoms with Crippen molar-refractivity contribution < 1.29 is 4.79 Å². The van der Waals surface area contributed by atoms with Gasteiger partial charge in [0.1, 0.15) is 5.82 Å². The van der Waals surface area contributed by atoms with Crippen molar-refractivity contribution in [2.75, 3.05) is 13.1 Å². The van der Waals surface area contributed by atoms with Crippen LogP contribution in [-0.2, 0) is 13.0 Å². The molecule has 0 spiro atoms. The van der Waals surface area contributed by atoms with Crippen LogP contribution in [0, 0.1) is 5.92 Å². The lowest BCUT2D eigenvalue weighted by Crippen LogP contribution is -2.39. The monoisotopic (exact) mass is 354 g/mol. The smallest absolute Gasteiger partial charge is 0.337 e. The minimum Gasteiger partial charge on any atom is -0.337 e. The highest BCUT2D eigenvalue weighted by Gasteiger charge is 2.27. The van der Waals surface area contributed by atoms with Crippen LogP contribution in [0.4, 0.5) is 0 Å². The molecule has 1 fully saturated rings. The molecule has 1 saturated heterocycles. The van der Waals surface area contributed by atoms with E-state index in [0.717, 1.165) is 36.0 Å². The molecule has 3 heterocycles. The van der Waals surface area contributed by atoms with E-state index in [0.29, 0.717) is 31.2 Å². The lowest BCUT2D eigenvalue weighted by Gasteiger charge is -2.31. The number of hydrogen-bond donors (Lipinski definition) is 2. The molecule has 1 aliphatic rings. The van der Waals surface area contributed by atoms with Gasteiger partial charge in [-0.3, -0.25) is 14.5 Å². The molecule has 8 nitrogen and oxygen atoms in total. The minimum absolute atomic E-state index is 0.0221. The van der Waals surface area contributed by atoms with Gasteiger partial charge < -0.3 is 4.90 Å². The fraction of sp³-hybridized carbons (Fsp3) is 0.444. The first-order valence-electron chi connectivity index (χ1n) is 9.03. The Kier molecular flexibility index (Phi) is 4.32. The molecule has 136 valence electrons. The summed E-state index contributed by atoms with van der Waals surface area (Å²) in [7, 11) is 0. The summed E-state index contributed by atoms with van der Waals surface area (Å²) < 4.78 is 1.67. The molecule has 0 atom stereocenters. The number of likely N-dealkylation sites (tertiary alicyclic amines) is 1. The number of fused-ring (bicyclic) bond motifs is 1. The van der Waals surface area contributed by atoms with Crippen LogP contribution in [0.1, 0.15) is 36.1 Å². The van der Waals surface area contributed by atoms with Crippen molar-refractivity contribution in [3.05, 3.63) is 46.3 Å². The Bertz CT molecular complexity index is 977. The van der Waals surface area contributed by atoms with Gasteiger partial charge in [-0.1, -0.05) is 18.2 Å². The average Bonchev–Trinajstić information content (AvgIpc) is 3.25. The summed E-state index contributed by atoms with van der Waals surface area (Å²) in [5, 5.41) is 14.7. The predicted octanol–water partition coefficient (Wildman–Crippen LogP) is 1.56. The van der Waals surface area contributed by atoms with E-state index in [1.54, 1.807) is 4.57 Å². The van der Waals surface area contributed by atoms with Crippen molar-refractivity contribution in [2.24, 2.45) is 5.92 Å². The Morgan fingerprint density at radius 3 is 2.73 bits per heavy atom. The van der Waals surface area contributed by atoms with Gasteiger partial charge in [0.15, 0.2) is 5.69 Å². The number of hydrogen-bond acceptors (Lipinski definition) is 4. The second-order valence-electron chi connectivity index (χ2n) is 6.75. The molecule has 0 aliphatic carbocycles. The second-order valence-corrected chi connectivity index (χ2v) is 6.75. The maximum Gasteiger partial charge on any atom is 0.343 e. The van der Waals surface area contributed by atoms with Crippen LogP contribution in [0.25, 0.3) is 10.9 Å². The first-order chi connectivity index (χ1) is 12.7. The fourth-order valence-corrected chi connectivity index (χ4v) is 3.71. The van der Waals surface area contributed by atoms with E-state index >= 15 is 0 Å². The number of aromatic nitrogens is 5. The minimum atomic E-state index is -0.152. The maximum absolute atomic E-state index is 12.8. The average molecular weight is 354 g/mol. The molecular weight excluding hydrogens is 332 g/mol. The van der Waals surface area contributed by atoms with Gasteiger partial charge in [0.05, 0.1) is 5.52 Å². The third-order valence-corrected chi connectivity index (χ3v) is 5.20. The molecule has 1 aliphatic heterocycles. The van der Waals surface area contributed by atoms with E-state index in [2.05, 4.69) is 20.4 Å². The third kappa shape index (κ3) is 2.91. The van der Waals surface area contributed by atoms with Gasteiger partial charge in [-0.05, 0) is 31.7 Å². The van der Waals surface area contributed by atoms with Crippen molar-refractivity contribution in [1.29, 1.82) is 0 Å². The highest BCUT2D eigenvalue weighted by Crippen LogP contribution is 2.23. The molecule has 8 heteroatoms. The van der Waals surface area contributed by atoms with Crippen LogP contribution in [0.3, 0.4) is 0 Å². The summed E-state index contributed by atoms with van der Waals surface area (Å²) >= 11 is 0. The van der Waals surface area contributed by atoms with Gasteiger partial charge in [0.2, 0.25) is 0 Å². The number of para-hydroxylation sites is 1. The summed E-state index contributed by atoms with van der Waals surface area (Å²) in [5.74, 6) is 1.21. The standard InChI is InChI=1S/C18H22N6O2/c1-2-24-15(20-22-18(24)26)11-12-7-9-23(10-8-12)17(25)16-13-5-3-4-6-14(13)19-21-16/h3-6,12H,2,7-11H2,1H3,(H,19,21)(H,22,26). The van der Waals surface area contributed by atoms with Crippen LogP contribution >= 0.6 is 0 Å². The molecule has 1 amide bonds. The number of aromatic amines is 2. The van der Waals surface area contributed by atoms with Crippen molar-refractivity contribution in [1.82, 2.24) is 29.9 Å². The van der Waals surface area contributed by atoms with Crippen molar-refractivity contribution >= 4 is 16.8 Å². The third-order valence-electron chi connectivity index (χ3n) is 5.20. The van der Waals surface area contributed by atoms with Gasteiger partial charge in [0.25, 0.3) is 5.91 Å². The van der Waals surface area contributed by atoms with E-state index < -0.39 is 0 Å². The number of carbonyl (C=O) groups is 1. The number of nitrogens with zero attached hydrogens (tertiary/aromatic N) is 4. The van der Waals surface area contributed by atoms with E-state index in [1.807, 2.05) is 36.1 Å². The Labute approximate surface area is 150 Å². The van der Waals surface area contributed by atoms with Gasteiger partial charge in [0, 0.05) is 31.4 Å². The highest BCUT2D eigenvalue weighted by atomic mass is 16.2. The van der Waals surface area contributed by atoms with Crippen LogP contribution in [0.5, 0.6) is 0 Å². The molecule has 26 heavy (non-hydrogen) atoms. The van der Waals surface area contributed by atoms with E-state index in [9.17, 15) is 9.59 Å². The highest BCUT2D eigenvalue weighted by molar-refractivity contribution is 6.04. The van der Waals surface area contributed by atoms with E-state index in [4.69, 9.17) is 0 Å². The summed E-state index contributed by atoms with van der Waals surface area (Å²) in [6.45, 7) is 3.96. The predicted molar refractivity (Wildman–Crippen MR) is 96.9 cm³/mol. The van der Waals surface area contributed by atoms with Crippen LogP contribution in [-0.4, -0.2) is 48.9 Å². The van der Waals surface area contributed by atoms with Gasteiger partial charge >= 0.3 is 5.69 Å². The molecule has 3 aromatic rings. The molecule has 0 unspecified atom stereocenters. The Morgan fingerprint density at radius 2 is 1.96 bits per heavy atom. The number of rotatable bonds is 4. The fourth-order valence-electron chi connectivity index (χ4n) is 3.71. The van der Waals surface area contributed by atoms with Crippen LogP contribution in [0.15, 0.2) is 29.1 Å². The summed E-state index contributed by atoms with van der Waals surface area (Å²) in [4.78, 5) is 26.4. The SMILES string of the molecule is CCn1c(CC2CCN(C(=O)c3n[nH]c4ccccc34)CC2)n[nH]c1=O. The summed E-state index contributed by atoms with van der Waals surface area (Å²) in [6.07, 6.45) is 2.57. The lowest BCUT2D eigenvalue weighted by molar-refractivity contribution is 0.0685.